The van der Waals surface area contributed by atoms with Crippen LogP contribution >= 0.6 is 0 Å². The number of nitrogens with one attached hydrogen (secondary N) is 1. The molecule has 0 bridgehead atoms. The summed E-state index contributed by atoms with van der Waals surface area (Å²) in [5, 5.41) is 2.89. The molecule has 0 spiro atoms. The SMILES string of the molecule is Cc1ccc(CN(C)CC(=O)Nc2ccc(N)cc2C)o1. The van der Waals surface area contributed by atoms with Crippen molar-refractivity contribution in [3.05, 3.63) is 47.4 Å². The third kappa shape index (κ3) is 4.36. The van der Waals surface area contributed by atoms with Gasteiger partial charge in [-0.15, -0.1) is 0 Å². The van der Waals surface area contributed by atoms with Crippen LogP contribution in [-0.4, -0.2) is 24.4 Å². The third-order valence-corrected chi connectivity index (χ3v) is 3.16. The summed E-state index contributed by atoms with van der Waals surface area (Å²) < 4.78 is 5.50. The molecule has 5 nitrogen and oxygen atoms in total. The fourth-order valence-electron chi connectivity index (χ4n) is 2.15. The molecule has 21 heavy (non-hydrogen) atoms. The van der Waals surface area contributed by atoms with Gasteiger partial charge in [0.2, 0.25) is 5.91 Å². The monoisotopic (exact) mass is 287 g/mol. The molecule has 3 N–H and O–H groups in total. The number of nitrogens with zero attached hydrogens (tertiary/aromatic N) is 1. The highest BCUT2D eigenvalue weighted by atomic mass is 16.3. The summed E-state index contributed by atoms with van der Waals surface area (Å²) in [5.74, 6) is 1.67. The molecular formula is C16H21N3O2. The number of furan rings is 1. The Hall–Kier alpha value is -2.27. The second kappa shape index (κ2) is 6.45. The maximum absolute atomic E-state index is 12.0. The summed E-state index contributed by atoms with van der Waals surface area (Å²) in [6, 6.07) is 9.27. The summed E-state index contributed by atoms with van der Waals surface area (Å²) in [4.78, 5) is 13.9. The number of carbonyl (C=O) groups excluding carboxylic acids is 1. The van der Waals surface area contributed by atoms with Crippen LogP contribution < -0.4 is 11.1 Å². The summed E-state index contributed by atoms with van der Waals surface area (Å²) in [5.41, 5.74) is 8.13. The van der Waals surface area contributed by atoms with Gasteiger partial charge in [-0.3, -0.25) is 9.69 Å². The van der Waals surface area contributed by atoms with Crippen molar-refractivity contribution in [3.63, 3.8) is 0 Å². The highest BCUT2D eigenvalue weighted by molar-refractivity contribution is 5.93. The lowest BCUT2D eigenvalue weighted by atomic mass is 10.2. The first-order valence-electron chi connectivity index (χ1n) is 6.84. The zero-order valence-corrected chi connectivity index (χ0v) is 12.6. The number of likely N-dealkylation sites (N-methyl/N-ethyl adjacent to an activating group) is 1. The Labute approximate surface area is 124 Å². The van der Waals surface area contributed by atoms with E-state index < -0.39 is 0 Å². The average molecular weight is 287 g/mol. The van der Waals surface area contributed by atoms with Gasteiger partial charge < -0.3 is 15.5 Å². The lowest BCUT2D eigenvalue weighted by Crippen LogP contribution is -2.29. The lowest BCUT2D eigenvalue weighted by molar-refractivity contribution is -0.117. The molecule has 1 aromatic heterocycles. The quantitative estimate of drug-likeness (QED) is 0.829. The molecule has 0 fully saturated rings. The molecule has 0 saturated carbocycles. The van der Waals surface area contributed by atoms with Gasteiger partial charge in [-0.2, -0.15) is 0 Å². The summed E-state index contributed by atoms with van der Waals surface area (Å²) in [6.45, 7) is 4.72. The molecule has 1 heterocycles. The van der Waals surface area contributed by atoms with Crippen LogP contribution in [0.5, 0.6) is 0 Å². The van der Waals surface area contributed by atoms with Crippen molar-refractivity contribution < 1.29 is 9.21 Å². The van der Waals surface area contributed by atoms with Gasteiger partial charge in [-0.1, -0.05) is 0 Å². The van der Waals surface area contributed by atoms with Crippen molar-refractivity contribution in [2.75, 3.05) is 24.6 Å². The Morgan fingerprint density at radius 2 is 2.05 bits per heavy atom. The molecule has 0 aliphatic carbocycles. The number of aryl methyl sites for hydroxylation is 2. The number of benzene rings is 1. The maximum atomic E-state index is 12.0. The van der Waals surface area contributed by atoms with Crippen LogP contribution in [0.1, 0.15) is 17.1 Å². The Bertz CT molecular complexity index is 634. The van der Waals surface area contributed by atoms with Gasteiger partial charge in [0, 0.05) is 11.4 Å². The number of nitrogens with two attached hydrogens (primary N) is 1. The van der Waals surface area contributed by atoms with E-state index in [2.05, 4.69) is 5.32 Å². The van der Waals surface area contributed by atoms with E-state index in [1.165, 1.54) is 0 Å². The number of hydrogen-bond acceptors (Lipinski definition) is 4. The van der Waals surface area contributed by atoms with Crippen molar-refractivity contribution in [1.82, 2.24) is 4.90 Å². The van der Waals surface area contributed by atoms with Crippen LogP contribution in [0.3, 0.4) is 0 Å². The van der Waals surface area contributed by atoms with Crippen molar-refractivity contribution in [2.45, 2.75) is 20.4 Å². The number of amides is 1. The van der Waals surface area contributed by atoms with Crippen LogP contribution in [0.15, 0.2) is 34.7 Å². The van der Waals surface area contributed by atoms with E-state index in [-0.39, 0.29) is 5.91 Å². The maximum Gasteiger partial charge on any atom is 0.238 e. The van der Waals surface area contributed by atoms with E-state index in [0.717, 1.165) is 22.8 Å². The molecule has 5 heteroatoms. The minimum Gasteiger partial charge on any atom is -0.465 e. The van der Waals surface area contributed by atoms with Gasteiger partial charge in [0.1, 0.15) is 11.5 Å². The van der Waals surface area contributed by atoms with Gasteiger partial charge >= 0.3 is 0 Å². The predicted octanol–water partition coefficient (Wildman–Crippen LogP) is 2.55. The zero-order valence-electron chi connectivity index (χ0n) is 12.6. The third-order valence-electron chi connectivity index (χ3n) is 3.16. The van der Waals surface area contributed by atoms with Gasteiger partial charge in [0.15, 0.2) is 0 Å². The fourth-order valence-corrected chi connectivity index (χ4v) is 2.15. The smallest absolute Gasteiger partial charge is 0.238 e. The second-order valence-corrected chi connectivity index (χ2v) is 5.31. The van der Waals surface area contributed by atoms with E-state index in [9.17, 15) is 4.79 Å². The van der Waals surface area contributed by atoms with Crippen LogP contribution in [-0.2, 0) is 11.3 Å². The molecule has 112 valence electrons. The Morgan fingerprint density at radius 1 is 1.29 bits per heavy atom. The van der Waals surface area contributed by atoms with Crippen LogP contribution in [0.4, 0.5) is 11.4 Å². The van der Waals surface area contributed by atoms with Crippen molar-refractivity contribution in [3.8, 4) is 0 Å². The van der Waals surface area contributed by atoms with E-state index in [0.29, 0.717) is 18.8 Å². The van der Waals surface area contributed by atoms with E-state index in [4.69, 9.17) is 10.2 Å². The topological polar surface area (TPSA) is 71.5 Å². The standard InChI is InChI=1S/C16H21N3O2/c1-11-8-13(17)5-7-15(11)18-16(20)10-19(3)9-14-6-4-12(2)21-14/h4-8H,9-10,17H2,1-3H3,(H,18,20). The van der Waals surface area contributed by atoms with Gasteiger partial charge in [-0.05, 0) is 56.8 Å². The summed E-state index contributed by atoms with van der Waals surface area (Å²) in [7, 11) is 1.88. The van der Waals surface area contributed by atoms with E-state index in [1.54, 1.807) is 6.07 Å². The molecule has 2 aromatic rings. The average Bonchev–Trinajstić information content (AvgIpc) is 2.78. The van der Waals surface area contributed by atoms with Crippen molar-refractivity contribution >= 4 is 17.3 Å². The zero-order chi connectivity index (χ0) is 15.4. The fraction of sp³-hybridized carbons (Fsp3) is 0.312. The minimum absolute atomic E-state index is 0.0614. The molecule has 0 aliphatic heterocycles. The van der Waals surface area contributed by atoms with E-state index >= 15 is 0 Å². The molecule has 0 atom stereocenters. The van der Waals surface area contributed by atoms with Gasteiger partial charge in [0.05, 0.1) is 13.1 Å². The summed E-state index contributed by atoms with van der Waals surface area (Å²) in [6.07, 6.45) is 0. The molecule has 1 amide bonds. The molecule has 0 radical (unpaired) electrons. The highest BCUT2D eigenvalue weighted by Gasteiger charge is 2.10. The first-order valence-corrected chi connectivity index (χ1v) is 6.84. The Kier molecular flexibility index (Phi) is 4.65. The number of hydrogen-bond donors (Lipinski definition) is 2. The normalized spacial score (nSPS) is 10.9. The van der Waals surface area contributed by atoms with Crippen LogP contribution in [0.2, 0.25) is 0 Å². The highest BCUT2D eigenvalue weighted by Crippen LogP contribution is 2.17. The Balaban J connectivity index is 1.89. The lowest BCUT2D eigenvalue weighted by Gasteiger charge is -2.15. The minimum atomic E-state index is -0.0614. The molecule has 0 unspecified atom stereocenters. The molecule has 1 aromatic carbocycles. The molecule has 0 aliphatic rings. The van der Waals surface area contributed by atoms with Crippen LogP contribution in [0.25, 0.3) is 0 Å². The van der Waals surface area contributed by atoms with Gasteiger partial charge in [-0.25, -0.2) is 0 Å². The van der Waals surface area contributed by atoms with Crippen LogP contribution in [0, 0.1) is 13.8 Å². The number of rotatable bonds is 5. The van der Waals surface area contributed by atoms with Crippen molar-refractivity contribution in [1.29, 1.82) is 0 Å². The molecule has 2 rings (SSSR count). The largest absolute Gasteiger partial charge is 0.465 e. The first-order chi connectivity index (χ1) is 9.94. The van der Waals surface area contributed by atoms with E-state index in [1.807, 2.05) is 50.1 Å². The number of nitrogen functional groups attached to an aromatic ring is 1. The second-order valence-electron chi connectivity index (χ2n) is 5.31. The van der Waals surface area contributed by atoms with Gasteiger partial charge in [0.25, 0.3) is 0 Å². The predicted molar refractivity (Wildman–Crippen MR) is 84.0 cm³/mol. The number of carbonyl (C=O) groups is 1. The summed E-state index contributed by atoms with van der Waals surface area (Å²) >= 11 is 0. The van der Waals surface area contributed by atoms with Crippen molar-refractivity contribution in [2.24, 2.45) is 0 Å². The first kappa shape index (κ1) is 15.1. The number of anilines is 2. The Morgan fingerprint density at radius 3 is 2.67 bits per heavy atom. The molecular weight excluding hydrogens is 266 g/mol. The molecule has 0 saturated heterocycles.